The molecule has 0 radical (unpaired) electrons. The van der Waals surface area contributed by atoms with E-state index in [9.17, 15) is 9.59 Å². The van der Waals surface area contributed by atoms with E-state index in [1.165, 1.54) is 0 Å². The van der Waals surface area contributed by atoms with Crippen molar-refractivity contribution in [1.82, 2.24) is 5.32 Å². The number of benzene rings is 1. The molecule has 1 aromatic carbocycles. The quantitative estimate of drug-likeness (QED) is 0.723. The number of urea groups is 1. The molecule has 0 aliphatic rings. The molecule has 1 aromatic rings. The molecule has 5 N–H and O–H groups in total. The van der Waals surface area contributed by atoms with Crippen LogP contribution in [0.4, 0.5) is 10.5 Å². The van der Waals surface area contributed by atoms with Gasteiger partial charge in [-0.1, -0.05) is 12.1 Å². The van der Waals surface area contributed by atoms with Gasteiger partial charge in [0.1, 0.15) is 6.04 Å². The minimum atomic E-state index is -0.841. The van der Waals surface area contributed by atoms with E-state index in [1.807, 2.05) is 36.1 Å². The van der Waals surface area contributed by atoms with Crippen LogP contribution >= 0.6 is 0 Å². The van der Waals surface area contributed by atoms with Gasteiger partial charge in [-0.3, -0.25) is 10.1 Å². The Hall–Kier alpha value is -2.08. The molecule has 0 fully saturated rings. The van der Waals surface area contributed by atoms with Gasteiger partial charge in [-0.2, -0.15) is 0 Å². The Morgan fingerprint density at radius 3 is 2.32 bits per heavy atom. The summed E-state index contributed by atoms with van der Waals surface area (Å²) in [6, 6.07) is 6.31. The Balaban J connectivity index is 2.86. The molecule has 104 valence electrons. The van der Waals surface area contributed by atoms with Crippen molar-refractivity contribution in [3.63, 3.8) is 0 Å². The maximum absolute atomic E-state index is 11.8. The monoisotopic (exact) mass is 264 g/mol. The van der Waals surface area contributed by atoms with E-state index in [0.717, 1.165) is 11.3 Å². The number of nitrogens with two attached hydrogens (primary N) is 2. The molecule has 1 unspecified atom stereocenters. The highest BCUT2D eigenvalue weighted by Gasteiger charge is 2.21. The zero-order chi connectivity index (χ0) is 14.4. The number of nitrogens with zero attached hydrogens (tertiary/aromatic N) is 1. The average Bonchev–Trinajstić information content (AvgIpc) is 2.39. The van der Waals surface area contributed by atoms with E-state index in [1.54, 1.807) is 6.92 Å². The van der Waals surface area contributed by atoms with Crippen molar-refractivity contribution in [2.75, 3.05) is 11.4 Å². The highest BCUT2D eigenvalue weighted by molar-refractivity contribution is 5.97. The van der Waals surface area contributed by atoms with Crippen LogP contribution in [-0.4, -0.2) is 24.5 Å². The van der Waals surface area contributed by atoms with Crippen LogP contribution in [0.3, 0.4) is 0 Å². The fourth-order valence-corrected chi connectivity index (χ4v) is 1.87. The second kappa shape index (κ2) is 6.75. The van der Waals surface area contributed by atoms with Crippen molar-refractivity contribution >= 4 is 17.6 Å². The number of rotatable bonds is 5. The van der Waals surface area contributed by atoms with Crippen molar-refractivity contribution in [3.8, 4) is 0 Å². The lowest BCUT2D eigenvalue weighted by Gasteiger charge is -2.29. The van der Waals surface area contributed by atoms with Gasteiger partial charge >= 0.3 is 6.03 Å². The number of nitrogens with one attached hydrogen (secondary N) is 1. The number of anilines is 1. The summed E-state index contributed by atoms with van der Waals surface area (Å²) in [5.41, 5.74) is 12.4. The van der Waals surface area contributed by atoms with E-state index < -0.39 is 18.0 Å². The topological polar surface area (TPSA) is 101 Å². The number of hydrogen-bond acceptors (Lipinski definition) is 4. The number of imide groups is 1. The summed E-state index contributed by atoms with van der Waals surface area (Å²) < 4.78 is 0. The molecule has 1 rings (SSSR count). The van der Waals surface area contributed by atoms with Gasteiger partial charge in [0, 0.05) is 18.8 Å². The van der Waals surface area contributed by atoms with Gasteiger partial charge < -0.3 is 16.4 Å². The van der Waals surface area contributed by atoms with Crippen LogP contribution in [0.2, 0.25) is 0 Å². The number of amides is 3. The van der Waals surface area contributed by atoms with Gasteiger partial charge in [0.2, 0.25) is 5.91 Å². The number of likely N-dealkylation sites (N-methyl/N-ethyl adjacent to an activating group) is 1. The van der Waals surface area contributed by atoms with Crippen LogP contribution in [0, 0.1) is 0 Å². The van der Waals surface area contributed by atoms with E-state index in [2.05, 4.69) is 5.32 Å². The molecule has 0 saturated carbocycles. The highest BCUT2D eigenvalue weighted by Crippen LogP contribution is 2.17. The second-order valence-corrected chi connectivity index (χ2v) is 4.19. The van der Waals surface area contributed by atoms with Crippen LogP contribution in [0.25, 0.3) is 0 Å². The molecule has 6 heteroatoms. The summed E-state index contributed by atoms with van der Waals surface area (Å²) in [5.74, 6) is -0.419. The first-order valence-electron chi connectivity index (χ1n) is 6.15. The Bertz CT molecular complexity index is 444. The van der Waals surface area contributed by atoms with Gasteiger partial charge in [0.25, 0.3) is 0 Å². The van der Waals surface area contributed by atoms with E-state index in [4.69, 9.17) is 11.5 Å². The van der Waals surface area contributed by atoms with Gasteiger partial charge in [-0.05, 0) is 31.5 Å². The smallest absolute Gasteiger partial charge is 0.318 e. The molecular formula is C13H20N4O2. The van der Waals surface area contributed by atoms with Crippen LogP contribution in [0.15, 0.2) is 24.3 Å². The first-order chi connectivity index (χ1) is 8.99. The molecule has 0 saturated heterocycles. The van der Waals surface area contributed by atoms with Gasteiger partial charge in [0.15, 0.2) is 0 Å². The van der Waals surface area contributed by atoms with E-state index in [0.29, 0.717) is 13.1 Å². The van der Waals surface area contributed by atoms with Crippen LogP contribution in [0.1, 0.15) is 19.4 Å². The third-order valence-electron chi connectivity index (χ3n) is 2.94. The fraction of sp³-hybridized carbons (Fsp3) is 0.385. The summed E-state index contributed by atoms with van der Waals surface area (Å²) in [6.45, 7) is 4.77. The molecule has 0 bridgehead atoms. The number of carbonyl (C=O) groups is 2. The third kappa shape index (κ3) is 3.96. The van der Waals surface area contributed by atoms with Crippen LogP contribution in [0.5, 0.6) is 0 Å². The van der Waals surface area contributed by atoms with Crippen molar-refractivity contribution in [2.24, 2.45) is 11.5 Å². The van der Waals surface area contributed by atoms with Crippen LogP contribution in [-0.2, 0) is 11.3 Å². The zero-order valence-corrected chi connectivity index (χ0v) is 11.2. The molecule has 0 heterocycles. The minimum Gasteiger partial charge on any atom is -0.360 e. The summed E-state index contributed by atoms with van der Waals surface area (Å²) in [4.78, 5) is 24.4. The number of hydrogen-bond donors (Lipinski definition) is 3. The van der Waals surface area contributed by atoms with Gasteiger partial charge in [-0.15, -0.1) is 0 Å². The van der Waals surface area contributed by atoms with Crippen molar-refractivity contribution in [3.05, 3.63) is 29.8 Å². The lowest BCUT2D eigenvalue weighted by Crippen LogP contribution is -2.48. The molecule has 0 aromatic heterocycles. The first-order valence-corrected chi connectivity index (χ1v) is 6.15. The Kier molecular flexibility index (Phi) is 5.32. The minimum absolute atomic E-state index is 0.419. The van der Waals surface area contributed by atoms with E-state index in [-0.39, 0.29) is 0 Å². The molecule has 3 amide bonds. The molecular weight excluding hydrogens is 244 g/mol. The van der Waals surface area contributed by atoms with Crippen molar-refractivity contribution in [1.29, 1.82) is 0 Å². The third-order valence-corrected chi connectivity index (χ3v) is 2.94. The predicted octanol–water partition coefficient (Wildman–Crippen LogP) is 0.555. The maximum Gasteiger partial charge on any atom is 0.318 e. The Labute approximate surface area is 112 Å². The van der Waals surface area contributed by atoms with Crippen molar-refractivity contribution < 1.29 is 9.59 Å². The highest BCUT2D eigenvalue weighted by atomic mass is 16.2. The van der Waals surface area contributed by atoms with Gasteiger partial charge in [-0.25, -0.2) is 4.79 Å². The molecule has 0 aliphatic heterocycles. The largest absolute Gasteiger partial charge is 0.360 e. The summed E-state index contributed by atoms with van der Waals surface area (Å²) >= 11 is 0. The van der Waals surface area contributed by atoms with Crippen molar-refractivity contribution in [2.45, 2.75) is 26.4 Å². The summed E-state index contributed by atoms with van der Waals surface area (Å²) in [5, 5.41) is 2.09. The standard InChI is InChI=1S/C13H20N4O2/c1-3-17(9(2)12(18)16-13(15)19)11-6-4-10(8-14)5-7-11/h4-7,9H,3,8,14H2,1-2H3,(H3,15,16,18,19). The molecule has 1 atom stereocenters. The van der Waals surface area contributed by atoms with Crippen LogP contribution < -0.4 is 21.7 Å². The normalized spacial score (nSPS) is 11.7. The fourth-order valence-electron chi connectivity index (χ4n) is 1.87. The average molecular weight is 264 g/mol. The lowest BCUT2D eigenvalue weighted by molar-refractivity contribution is -0.120. The molecule has 0 aliphatic carbocycles. The summed E-state index contributed by atoms with van der Waals surface area (Å²) in [7, 11) is 0. The van der Waals surface area contributed by atoms with E-state index >= 15 is 0 Å². The SMILES string of the molecule is CCN(c1ccc(CN)cc1)C(C)C(=O)NC(N)=O. The zero-order valence-electron chi connectivity index (χ0n) is 11.2. The molecule has 19 heavy (non-hydrogen) atoms. The Morgan fingerprint density at radius 1 is 1.32 bits per heavy atom. The first kappa shape index (κ1) is 15.0. The molecule has 6 nitrogen and oxygen atoms in total. The summed E-state index contributed by atoms with van der Waals surface area (Å²) in [6.07, 6.45) is 0. The lowest BCUT2D eigenvalue weighted by atomic mass is 10.1. The second-order valence-electron chi connectivity index (χ2n) is 4.19. The predicted molar refractivity (Wildman–Crippen MR) is 74.5 cm³/mol. The molecule has 0 spiro atoms. The maximum atomic E-state index is 11.8. The number of primary amides is 1. The number of carbonyl (C=O) groups excluding carboxylic acids is 2. The Morgan fingerprint density at radius 2 is 1.89 bits per heavy atom. The van der Waals surface area contributed by atoms with Gasteiger partial charge in [0.05, 0.1) is 0 Å².